The number of carbonyl (C=O) groups is 2. The van der Waals surface area contributed by atoms with Gasteiger partial charge < -0.3 is 19.1 Å². The van der Waals surface area contributed by atoms with Gasteiger partial charge in [-0.2, -0.15) is 0 Å². The van der Waals surface area contributed by atoms with Crippen LogP contribution in [0.4, 0.5) is 0 Å². The lowest BCUT2D eigenvalue weighted by Gasteiger charge is -2.19. The fourth-order valence-corrected chi connectivity index (χ4v) is 3.81. The first-order chi connectivity index (χ1) is 14.7. The standard InChI is InChI=1S/C22H20N4O4/c27-15-13-14(23-7-10-26-8-1-2-9-26)22(28)21-18(15)24-19(16-5-3-11-29-16)20(25-21)17-6-4-12-30-17/h3-6,11-13,23H,1-2,7-10H2. The van der Waals surface area contributed by atoms with Crippen LogP contribution in [0.3, 0.4) is 0 Å². The topological polar surface area (TPSA) is 101 Å². The van der Waals surface area contributed by atoms with Crippen molar-refractivity contribution in [2.45, 2.75) is 12.8 Å². The molecule has 2 aliphatic rings. The summed E-state index contributed by atoms with van der Waals surface area (Å²) in [5.41, 5.74) is 0.999. The highest BCUT2D eigenvalue weighted by Crippen LogP contribution is 2.32. The molecule has 1 N–H and O–H groups in total. The zero-order valence-corrected chi connectivity index (χ0v) is 16.3. The van der Waals surface area contributed by atoms with Gasteiger partial charge in [0.15, 0.2) is 11.5 Å². The molecule has 1 aliphatic carbocycles. The Morgan fingerprint density at radius 3 is 2.13 bits per heavy atom. The molecule has 8 nitrogen and oxygen atoms in total. The summed E-state index contributed by atoms with van der Waals surface area (Å²) in [5.74, 6) is 0.169. The predicted molar refractivity (Wildman–Crippen MR) is 108 cm³/mol. The van der Waals surface area contributed by atoms with Crippen LogP contribution >= 0.6 is 0 Å². The van der Waals surface area contributed by atoms with Crippen LogP contribution in [-0.2, 0) is 0 Å². The van der Waals surface area contributed by atoms with E-state index in [0.29, 0.717) is 29.5 Å². The minimum Gasteiger partial charge on any atom is -0.463 e. The van der Waals surface area contributed by atoms with Crippen LogP contribution in [0, 0.1) is 0 Å². The van der Waals surface area contributed by atoms with Crippen LogP contribution in [-0.4, -0.2) is 52.6 Å². The lowest BCUT2D eigenvalue weighted by Crippen LogP contribution is -2.34. The Morgan fingerprint density at radius 1 is 0.900 bits per heavy atom. The third-order valence-electron chi connectivity index (χ3n) is 5.32. The number of fused-ring (bicyclic) bond motifs is 1. The first kappa shape index (κ1) is 18.5. The summed E-state index contributed by atoms with van der Waals surface area (Å²) in [4.78, 5) is 37.1. The number of Topliss-reactive ketones (excluding diaryl/α,β-unsaturated/α-hetero) is 1. The second-order valence-corrected chi connectivity index (χ2v) is 7.30. The molecule has 30 heavy (non-hydrogen) atoms. The monoisotopic (exact) mass is 404 g/mol. The third kappa shape index (κ3) is 3.35. The number of furan rings is 2. The molecule has 3 aromatic rings. The van der Waals surface area contributed by atoms with Crippen LogP contribution in [0.15, 0.2) is 57.4 Å². The molecule has 5 rings (SSSR count). The van der Waals surface area contributed by atoms with Gasteiger partial charge in [0.2, 0.25) is 11.6 Å². The Hall–Kier alpha value is -3.52. The van der Waals surface area contributed by atoms with Crippen molar-refractivity contribution in [1.82, 2.24) is 20.2 Å². The van der Waals surface area contributed by atoms with Crippen molar-refractivity contribution in [2.75, 3.05) is 26.2 Å². The minimum atomic E-state index is -0.362. The van der Waals surface area contributed by atoms with Crippen LogP contribution in [0.2, 0.25) is 0 Å². The molecule has 0 unspecified atom stereocenters. The molecule has 3 aromatic heterocycles. The molecule has 1 saturated heterocycles. The molecule has 0 aromatic carbocycles. The summed E-state index contributed by atoms with van der Waals surface area (Å²) < 4.78 is 10.9. The molecule has 152 valence electrons. The van der Waals surface area contributed by atoms with Gasteiger partial charge in [-0.1, -0.05) is 0 Å². The Kier molecular flexibility index (Phi) is 4.76. The number of aromatic nitrogens is 2. The zero-order chi connectivity index (χ0) is 20.5. The Labute approximate surface area is 172 Å². The number of ketones is 2. The van der Waals surface area contributed by atoms with E-state index in [9.17, 15) is 9.59 Å². The van der Waals surface area contributed by atoms with E-state index in [2.05, 4.69) is 20.2 Å². The quantitative estimate of drug-likeness (QED) is 0.669. The van der Waals surface area contributed by atoms with Gasteiger partial charge in [0, 0.05) is 19.2 Å². The summed E-state index contributed by atoms with van der Waals surface area (Å²) >= 11 is 0. The molecule has 0 atom stereocenters. The van der Waals surface area contributed by atoms with Crippen molar-refractivity contribution in [2.24, 2.45) is 0 Å². The van der Waals surface area contributed by atoms with Gasteiger partial charge in [-0.3, -0.25) is 9.59 Å². The highest BCUT2D eigenvalue weighted by Gasteiger charge is 2.32. The maximum Gasteiger partial charge on any atom is 0.229 e. The van der Waals surface area contributed by atoms with E-state index in [1.807, 2.05) is 0 Å². The summed E-state index contributed by atoms with van der Waals surface area (Å²) in [7, 11) is 0. The number of likely N-dealkylation sites (tertiary alicyclic amines) is 1. The number of nitrogens with one attached hydrogen (secondary N) is 1. The van der Waals surface area contributed by atoms with Gasteiger partial charge in [0.25, 0.3) is 0 Å². The van der Waals surface area contributed by atoms with Gasteiger partial charge in [-0.25, -0.2) is 9.97 Å². The van der Waals surface area contributed by atoms with E-state index >= 15 is 0 Å². The van der Waals surface area contributed by atoms with Crippen molar-refractivity contribution in [3.05, 3.63) is 60.0 Å². The van der Waals surface area contributed by atoms with Crippen molar-refractivity contribution in [3.8, 4) is 22.9 Å². The fraction of sp³-hybridized carbons (Fsp3) is 0.273. The van der Waals surface area contributed by atoms with Crippen molar-refractivity contribution in [1.29, 1.82) is 0 Å². The molecule has 4 heterocycles. The number of hydrogen-bond donors (Lipinski definition) is 1. The van der Waals surface area contributed by atoms with Crippen LogP contribution in [0.1, 0.15) is 33.8 Å². The second kappa shape index (κ2) is 7.72. The Balaban J connectivity index is 1.48. The summed E-state index contributed by atoms with van der Waals surface area (Å²) in [6.45, 7) is 3.56. The van der Waals surface area contributed by atoms with Crippen LogP contribution in [0.5, 0.6) is 0 Å². The number of hydrogen-bond acceptors (Lipinski definition) is 8. The molecule has 0 saturated carbocycles. The third-order valence-corrected chi connectivity index (χ3v) is 5.32. The first-order valence-corrected chi connectivity index (χ1v) is 9.97. The van der Waals surface area contributed by atoms with Crippen LogP contribution < -0.4 is 5.32 Å². The van der Waals surface area contributed by atoms with Crippen molar-refractivity contribution < 1.29 is 18.4 Å². The highest BCUT2D eigenvalue weighted by molar-refractivity contribution is 6.23. The molecule has 1 fully saturated rings. The maximum atomic E-state index is 13.1. The largest absolute Gasteiger partial charge is 0.463 e. The number of allylic oxidation sites excluding steroid dienone is 2. The van der Waals surface area contributed by atoms with Gasteiger partial charge in [-0.05, 0) is 50.2 Å². The average molecular weight is 404 g/mol. The van der Waals surface area contributed by atoms with E-state index in [1.165, 1.54) is 31.4 Å². The zero-order valence-electron chi connectivity index (χ0n) is 16.3. The SMILES string of the molecule is O=C1C=C(NCCN2CCCC2)C(=O)c2nc(-c3ccco3)c(-c3ccco3)nc21. The van der Waals surface area contributed by atoms with Crippen molar-refractivity contribution >= 4 is 11.6 Å². The van der Waals surface area contributed by atoms with Gasteiger partial charge in [0.1, 0.15) is 22.8 Å². The van der Waals surface area contributed by atoms with E-state index in [1.54, 1.807) is 24.3 Å². The average Bonchev–Trinajstić information content (AvgIpc) is 3.54. The number of nitrogens with zero attached hydrogens (tertiary/aromatic N) is 3. The number of carbonyl (C=O) groups excluding carboxylic acids is 2. The number of rotatable bonds is 6. The minimum absolute atomic E-state index is 0.0202. The molecular weight excluding hydrogens is 384 g/mol. The van der Waals surface area contributed by atoms with Gasteiger partial charge in [0.05, 0.1) is 18.2 Å². The molecule has 8 heteroatoms. The van der Waals surface area contributed by atoms with Gasteiger partial charge in [-0.15, -0.1) is 0 Å². The summed E-state index contributed by atoms with van der Waals surface area (Å²) in [6, 6.07) is 6.89. The fourth-order valence-electron chi connectivity index (χ4n) is 3.81. The highest BCUT2D eigenvalue weighted by atomic mass is 16.3. The molecule has 0 spiro atoms. The summed E-state index contributed by atoms with van der Waals surface area (Å²) in [5, 5.41) is 3.11. The van der Waals surface area contributed by atoms with E-state index < -0.39 is 0 Å². The van der Waals surface area contributed by atoms with Gasteiger partial charge >= 0.3 is 0 Å². The van der Waals surface area contributed by atoms with E-state index in [0.717, 1.165) is 19.6 Å². The smallest absolute Gasteiger partial charge is 0.229 e. The molecule has 0 radical (unpaired) electrons. The predicted octanol–water partition coefficient (Wildman–Crippen LogP) is 2.94. The lowest BCUT2D eigenvalue weighted by atomic mass is 10.0. The normalized spacial score (nSPS) is 16.6. The molecule has 0 amide bonds. The Bertz CT molecular complexity index is 1110. The van der Waals surface area contributed by atoms with E-state index in [-0.39, 0.29) is 28.7 Å². The van der Waals surface area contributed by atoms with Crippen molar-refractivity contribution in [3.63, 3.8) is 0 Å². The summed E-state index contributed by atoms with van der Waals surface area (Å²) in [6.07, 6.45) is 6.74. The second-order valence-electron chi connectivity index (χ2n) is 7.30. The Morgan fingerprint density at radius 2 is 1.53 bits per heavy atom. The van der Waals surface area contributed by atoms with Crippen LogP contribution in [0.25, 0.3) is 22.9 Å². The molecule has 1 aliphatic heterocycles. The first-order valence-electron chi connectivity index (χ1n) is 9.97. The maximum absolute atomic E-state index is 13.1. The molecule has 0 bridgehead atoms. The molecular formula is C22H20N4O4. The van der Waals surface area contributed by atoms with E-state index in [4.69, 9.17) is 8.83 Å². The lowest BCUT2D eigenvalue weighted by molar-refractivity contribution is 0.0970.